The minimum Gasteiger partial charge on any atom is -0.0776 e. The Labute approximate surface area is 119 Å². The van der Waals surface area contributed by atoms with Gasteiger partial charge in [-0.2, -0.15) is 0 Å². The van der Waals surface area contributed by atoms with Gasteiger partial charge in [0.1, 0.15) is 0 Å². The molecule has 0 heteroatoms. The molecule has 0 aromatic heterocycles. The van der Waals surface area contributed by atoms with Crippen molar-refractivity contribution in [3.05, 3.63) is 0 Å². The highest BCUT2D eigenvalue weighted by Gasteiger charge is 2.04. The van der Waals surface area contributed by atoms with E-state index in [2.05, 4.69) is 27.7 Å². The molecule has 2 unspecified atom stereocenters. The number of unbranched alkanes of at least 4 members (excludes halogenated alkanes) is 4. The van der Waals surface area contributed by atoms with Crippen LogP contribution in [0.1, 0.15) is 107 Å². The molecule has 0 aliphatic heterocycles. The molecule has 0 radical (unpaired) electrons. The maximum atomic E-state index is 2.44. The molecule has 0 N–H and O–H groups in total. The van der Waals surface area contributed by atoms with Gasteiger partial charge >= 0.3 is 0 Å². The average Bonchev–Trinajstić information content (AvgIpc) is 2.28. The molecule has 114 valence electrons. The smallest absolute Gasteiger partial charge is 0.0443 e. The second-order valence-corrected chi connectivity index (χ2v) is 5.75. The fourth-order valence-electron chi connectivity index (χ4n) is 2.26. The van der Waals surface area contributed by atoms with Gasteiger partial charge in [0, 0.05) is 0 Å². The quantitative estimate of drug-likeness (QED) is 0.337. The molecule has 0 heterocycles. The Balaban J connectivity index is -0.00000112. The highest BCUT2D eigenvalue weighted by Crippen LogP contribution is 2.19. The lowest BCUT2D eigenvalue weighted by Crippen LogP contribution is -1.98. The molecule has 0 aromatic carbocycles. The van der Waals surface area contributed by atoms with Crippen molar-refractivity contribution in [2.45, 2.75) is 107 Å². The van der Waals surface area contributed by atoms with Crippen LogP contribution in [0.25, 0.3) is 0 Å². The van der Waals surface area contributed by atoms with Crippen LogP contribution >= 0.6 is 0 Å². The van der Waals surface area contributed by atoms with E-state index in [0.29, 0.717) is 0 Å². The fourth-order valence-corrected chi connectivity index (χ4v) is 2.26. The Bertz CT molecular complexity index is 128. The maximum absolute atomic E-state index is 2.44. The normalized spacial score (nSPS) is 13.3. The Morgan fingerprint density at radius 1 is 0.611 bits per heavy atom. The van der Waals surface area contributed by atoms with E-state index in [1.165, 1.54) is 64.2 Å². The van der Waals surface area contributed by atoms with Crippen LogP contribution in [0.3, 0.4) is 0 Å². The third-order valence-electron chi connectivity index (χ3n) is 3.89. The van der Waals surface area contributed by atoms with E-state index in [1.54, 1.807) is 0 Å². The van der Waals surface area contributed by atoms with Gasteiger partial charge in [-0.25, -0.2) is 0 Å². The van der Waals surface area contributed by atoms with Gasteiger partial charge in [0.05, 0.1) is 0 Å². The second-order valence-electron chi connectivity index (χ2n) is 5.75. The lowest BCUT2D eigenvalue weighted by atomic mass is 9.94. The molecule has 0 aliphatic carbocycles. The van der Waals surface area contributed by atoms with Crippen molar-refractivity contribution in [3.8, 4) is 0 Å². The Morgan fingerprint density at radius 2 is 1.11 bits per heavy atom. The van der Waals surface area contributed by atoms with E-state index in [4.69, 9.17) is 0 Å². The fraction of sp³-hybridized carbons (Fsp3) is 1.00. The van der Waals surface area contributed by atoms with Crippen molar-refractivity contribution >= 4 is 0 Å². The van der Waals surface area contributed by atoms with Crippen LogP contribution in [0, 0.1) is 11.8 Å². The first-order valence-corrected chi connectivity index (χ1v) is 7.70. The molecule has 0 amide bonds. The summed E-state index contributed by atoms with van der Waals surface area (Å²) in [5, 5.41) is 0. The summed E-state index contributed by atoms with van der Waals surface area (Å²) in [4.78, 5) is 0. The zero-order chi connectivity index (χ0) is 12.2. The van der Waals surface area contributed by atoms with Gasteiger partial charge in [0.25, 0.3) is 0 Å². The van der Waals surface area contributed by atoms with Gasteiger partial charge in [-0.1, -0.05) is 107 Å². The molecule has 0 bridgehead atoms. The van der Waals surface area contributed by atoms with Gasteiger partial charge < -0.3 is 0 Å². The van der Waals surface area contributed by atoms with E-state index in [9.17, 15) is 0 Å². The lowest BCUT2D eigenvalue weighted by Gasteiger charge is -2.13. The van der Waals surface area contributed by atoms with Crippen LogP contribution in [-0.4, -0.2) is 0 Å². The first kappa shape index (κ1) is 23.1. The molecule has 0 aromatic rings. The topological polar surface area (TPSA) is 0 Å². The molecule has 0 aliphatic rings. The molecule has 0 rings (SSSR count). The van der Waals surface area contributed by atoms with Gasteiger partial charge in [-0.15, -0.1) is 0 Å². The van der Waals surface area contributed by atoms with Crippen LogP contribution in [-0.2, 0) is 0 Å². The zero-order valence-corrected chi connectivity index (χ0v) is 12.2. The highest BCUT2D eigenvalue weighted by molar-refractivity contribution is 4.57. The van der Waals surface area contributed by atoms with Crippen LogP contribution in [0.4, 0.5) is 0 Å². The summed E-state index contributed by atoms with van der Waals surface area (Å²) in [7, 11) is 0. The van der Waals surface area contributed by atoms with Crippen molar-refractivity contribution < 1.29 is 0 Å². The average molecular weight is 259 g/mol. The monoisotopic (exact) mass is 258 g/mol. The third kappa shape index (κ3) is 16.0. The van der Waals surface area contributed by atoms with Gasteiger partial charge in [-0.3, -0.25) is 0 Å². The second kappa shape index (κ2) is 17.0. The molecule has 0 fully saturated rings. The number of rotatable bonds is 11. The molecular weight excluding hydrogens is 216 g/mol. The van der Waals surface area contributed by atoms with Gasteiger partial charge in [0.15, 0.2) is 0 Å². The standard InChI is InChI=1S/C16H34.2CH4/c1-5-7-8-9-10-12-16(4)14-11-13-15(3)6-2;;/h15-16H,5-14H2,1-4H3;2*1H4. The summed E-state index contributed by atoms with van der Waals surface area (Å²) >= 11 is 0. The molecule has 18 heavy (non-hydrogen) atoms. The van der Waals surface area contributed by atoms with Crippen molar-refractivity contribution in [2.24, 2.45) is 11.8 Å². The molecule has 0 saturated carbocycles. The van der Waals surface area contributed by atoms with Crippen molar-refractivity contribution in [1.29, 1.82) is 0 Å². The van der Waals surface area contributed by atoms with E-state index < -0.39 is 0 Å². The zero-order valence-electron chi connectivity index (χ0n) is 12.2. The summed E-state index contributed by atoms with van der Waals surface area (Å²) < 4.78 is 0. The third-order valence-corrected chi connectivity index (χ3v) is 3.89. The lowest BCUT2D eigenvalue weighted by molar-refractivity contribution is 0.405. The summed E-state index contributed by atoms with van der Waals surface area (Å²) in [6.45, 7) is 9.42. The number of hydrogen-bond acceptors (Lipinski definition) is 0. The van der Waals surface area contributed by atoms with Gasteiger partial charge in [-0.05, 0) is 11.8 Å². The first-order chi connectivity index (χ1) is 7.70. The predicted octanol–water partition coefficient (Wildman–Crippen LogP) is 7.47. The minimum absolute atomic E-state index is 0. The van der Waals surface area contributed by atoms with Crippen molar-refractivity contribution in [3.63, 3.8) is 0 Å². The summed E-state index contributed by atoms with van der Waals surface area (Å²) in [5.74, 6) is 1.91. The largest absolute Gasteiger partial charge is 0.0776 e. The minimum atomic E-state index is 0. The van der Waals surface area contributed by atoms with E-state index in [1.807, 2.05) is 0 Å². The van der Waals surface area contributed by atoms with Crippen molar-refractivity contribution in [2.75, 3.05) is 0 Å². The molecular formula is C18H42. The van der Waals surface area contributed by atoms with Crippen molar-refractivity contribution in [1.82, 2.24) is 0 Å². The Morgan fingerprint density at radius 3 is 1.67 bits per heavy atom. The van der Waals surface area contributed by atoms with Crippen LogP contribution in [0.2, 0.25) is 0 Å². The molecule has 0 saturated heterocycles. The SMILES string of the molecule is C.C.CCCCCCCC(C)CCCC(C)CC. The maximum Gasteiger partial charge on any atom is -0.0443 e. The van der Waals surface area contributed by atoms with Crippen LogP contribution in [0.15, 0.2) is 0 Å². The van der Waals surface area contributed by atoms with Gasteiger partial charge in [0.2, 0.25) is 0 Å². The van der Waals surface area contributed by atoms with Crippen LogP contribution in [0.5, 0.6) is 0 Å². The van der Waals surface area contributed by atoms with E-state index in [-0.39, 0.29) is 14.9 Å². The predicted molar refractivity (Wildman–Crippen MR) is 89.3 cm³/mol. The Kier molecular flexibility index (Phi) is 21.8. The first-order valence-electron chi connectivity index (χ1n) is 7.70. The molecule has 0 spiro atoms. The summed E-state index contributed by atoms with van der Waals surface area (Å²) in [6.07, 6.45) is 14.3. The number of hydrogen-bond donors (Lipinski definition) is 0. The van der Waals surface area contributed by atoms with E-state index >= 15 is 0 Å². The summed E-state index contributed by atoms with van der Waals surface area (Å²) in [6, 6.07) is 0. The summed E-state index contributed by atoms with van der Waals surface area (Å²) in [5.41, 5.74) is 0. The van der Waals surface area contributed by atoms with E-state index in [0.717, 1.165) is 11.8 Å². The molecule has 2 atom stereocenters. The Hall–Kier alpha value is 0. The molecule has 0 nitrogen and oxygen atoms in total. The van der Waals surface area contributed by atoms with Crippen LogP contribution < -0.4 is 0 Å². The highest BCUT2D eigenvalue weighted by atomic mass is 14.1.